The van der Waals surface area contributed by atoms with Crippen molar-refractivity contribution in [3.05, 3.63) is 10.2 Å². The number of unbranched alkanes of at least 4 members (excludes halogenated alkanes) is 1. The standard InChI is InChI=1S/C11H19IO/c1-2-3-6-11(7-4-8-11)10(13)5-9-12/h5,9-10,13H,2-4,6-8H2,1H3/b9-5-. The van der Waals surface area contributed by atoms with Crippen LogP contribution in [0.5, 0.6) is 0 Å². The van der Waals surface area contributed by atoms with Crippen LogP contribution in [0.3, 0.4) is 0 Å². The van der Waals surface area contributed by atoms with E-state index in [4.69, 9.17) is 0 Å². The Balaban J connectivity index is 2.47. The van der Waals surface area contributed by atoms with Gasteiger partial charge in [-0.1, -0.05) is 48.8 Å². The molecule has 0 amide bonds. The first-order valence-corrected chi connectivity index (χ1v) is 6.45. The Hall–Kier alpha value is 0.430. The molecule has 0 heterocycles. The van der Waals surface area contributed by atoms with Crippen molar-refractivity contribution in [2.75, 3.05) is 0 Å². The molecule has 1 aliphatic rings. The fourth-order valence-corrected chi connectivity index (χ4v) is 2.52. The summed E-state index contributed by atoms with van der Waals surface area (Å²) < 4.78 is 1.94. The van der Waals surface area contributed by atoms with E-state index < -0.39 is 0 Å². The van der Waals surface area contributed by atoms with E-state index in [1.807, 2.05) is 10.2 Å². The summed E-state index contributed by atoms with van der Waals surface area (Å²) in [5.41, 5.74) is 0.248. The first-order valence-electron chi connectivity index (χ1n) is 5.20. The van der Waals surface area contributed by atoms with Crippen molar-refractivity contribution in [3.63, 3.8) is 0 Å². The molecule has 0 saturated heterocycles. The smallest absolute Gasteiger partial charge is 0.0784 e. The number of rotatable bonds is 5. The first-order chi connectivity index (χ1) is 6.25. The highest BCUT2D eigenvalue weighted by molar-refractivity contribution is 14.1. The van der Waals surface area contributed by atoms with Crippen LogP contribution in [0.4, 0.5) is 0 Å². The Morgan fingerprint density at radius 2 is 2.23 bits per heavy atom. The van der Waals surface area contributed by atoms with E-state index in [1.165, 1.54) is 38.5 Å². The van der Waals surface area contributed by atoms with Crippen LogP contribution in [0, 0.1) is 5.41 Å². The Morgan fingerprint density at radius 3 is 2.62 bits per heavy atom. The van der Waals surface area contributed by atoms with Crippen molar-refractivity contribution in [3.8, 4) is 0 Å². The second-order valence-electron chi connectivity index (χ2n) is 4.08. The van der Waals surface area contributed by atoms with Gasteiger partial charge in [0.2, 0.25) is 0 Å². The van der Waals surface area contributed by atoms with Gasteiger partial charge in [-0.15, -0.1) is 0 Å². The minimum absolute atomic E-state index is 0.204. The maximum absolute atomic E-state index is 9.95. The average molecular weight is 294 g/mol. The number of aliphatic hydroxyl groups excluding tert-OH is 1. The predicted molar refractivity (Wildman–Crippen MR) is 65.0 cm³/mol. The topological polar surface area (TPSA) is 20.2 Å². The van der Waals surface area contributed by atoms with Gasteiger partial charge in [0.15, 0.2) is 0 Å². The SMILES string of the molecule is CCCCC1(C(O)/C=C\I)CCC1. The van der Waals surface area contributed by atoms with E-state index in [2.05, 4.69) is 29.5 Å². The van der Waals surface area contributed by atoms with Crippen LogP contribution in [0.2, 0.25) is 0 Å². The van der Waals surface area contributed by atoms with Gasteiger partial charge in [0.1, 0.15) is 0 Å². The molecule has 1 nitrogen and oxygen atoms in total. The molecule has 1 saturated carbocycles. The van der Waals surface area contributed by atoms with Crippen LogP contribution in [-0.4, -0.2) is 11.2 Å². The normalized spacial score (nSPS) is 23.0. The monoisotopic (exact) mass is 294 g/mol. The molecule has 0 aromatic heterocycles. The summed E-state index contributed by atoms with van der Waals surface area (Å²) in [6.45, 7) is 2.22. The fourth-order valence-electron chi connectivity index (χ4n) is 2.13. The number of hydrogen-bond acceptors (Lipinski definition) is 1. The molecule has 1 aliphatic carbocycles. The second-order valence-corrected chi connectivity index (χ2v) is 4.80. The van der Waals surface area contributed by atoms with Crippen LogP contribution >= 0.6 is 22.6 Å². The summed E-state index contributed by atoms with van der Waals surface area (Å²) in [4.78, 5) is 0. The molecule has 1 N–H and O–H groups in total. The van der Waals surface area contributed by atoms with Gasteiger partial charge in [-0.3, -0.25) is 0 Å². The van der Waals surface area contributed by atoms with Gasteiger partial charge in [0.25, 0.3) is 0 Å². The number of hydrogen-bond donors (Lipinski definition) is 1. The minimum atomic E-state index is -0.204. The molecule has 1 unspecified atom stereocenters. The van der Waals surface area contributed by atoms with Crippen LogP contribution in [0.1, 0.15) is 45.4 Å². The van der Waals surface area contributed by atoms with Crippen molar-refractivity contribution >= 4 is 22.6 Å². The van der Waals surface area contributed by atoms with Crippen molar-refractivity contribution in [2.24, 2.45) is 5.41 Å². The highest BCUT2D eigenvalue weighted by Crippen LogP contribution is 2.48. The third-order valence-corrected chi connectivity index (χ3v) is 3.68. The van der Waals surface area contributed by atoms with E-state index in [1.54, 1.807) is 0 Å². The molecule has 0 aliphatic heterocycles. The third-order valence-electron chi connectivity index (χ3n) is 3.26. The lowest BCUT2D eigenvalue weighted by molar-refractivity contribution is -0.0138. The van der Waals surface area contributed by atoms with E-state index in [0.717, 1.165) is 0 Å². The van der Waals surface area contributed by atoms with E-state index in [0.29, 0.717) is 0 Å². The summed E-state index contributed by atoms with van der Waals surface area (Å²) in [5.74, 6) is 0. The third kappa shape index (κ3) is 2.69. The van der Waals surface area contributed by atoms with Gasteiger partial charge in [0, 0.05) is 0 Å². The van der Waals surface area contributed by atoms with Crippen molar-refractivity contribution < 1.29 is 5.11 Å². The molecule has 0 aromatic carbocycles. The Bertz CT molecular complexity index is 173. The summed E-state index contributed by atoms with van der Waals surface area (Å²) in [7, 11) is 0. The predicted octanol–water partition coefficient (Wildman–Crippen LogP) is 3.66. The highest BCUT2D eigenvalue weighted by atomic mass is 127. The molecule has 2 heteroatoms. The molecule has 0 aromatic rings. The Labute approximate surface area is 94.7 Å². The van der Waals surface area contributed by atoms with Crippen LogP contribution in [0.25, 0.3) is 0 Å². The lowest BCUT2D eigenvalue weighted by Crippen LogP contribution is -2.40. The summed E-state index contributed by atoms with van der Waals surface area (Å²) in [5, 5.41) is 9.95. The number of halogens is 1. The lowest BCUT2D eigenvalue weighted by Gasteiger charge is -2.45. The van der Waals surface area contributed by atoms with Crippen molar-refractivity contribution in [1.82, 2.24) is 0 Å². The Morgan fingerprint density at radius 1 is 1.54 bits per heavy atom. The molecule has 1 rings (SSSR count). The van der Waals surface area contributed by atoms with E-state index >= 15 is 0 Å². The van der Waals surface area contributed by atoms with Gasteiger partial charge in [-0.2, -0.15) is 0 Å². The Kier molecular flexibility index (Phi) is 4.73. The zero-order chi connectivity index (χ0) is 9.73. The summed E-state index contributed by atoms with van der Waals surface area (Å²) in [6.07, 6.45) is 9.17. The zero-order valence-corrected chi connectivity index (χ0v) is 10.5. The van der Waals surface area contributed by atoms with Gasteiger partial charge >= 0.3 is 0 Å². The average Bonchev–Trinajstić information content (AvgIpc) is 2.03. The second kappa shape index (κ2) is 5.35. The van der Waals surface area contributed by atoms with Gasteiger partial charge in [-0.05, 0) is 34.8 Å². The number of aliphatic hydroxyl groups is 1. The molecular weight excluding hydrogens is 275 g/mol. The minimum Gasteiger partial charge on any atom is -0.388 e. The first kappa shape index (κ1) is 11.5. The van der Waals surface area contributed by atoms with E-state index in [9.17, 15) is 5.11 Å². The van der Waals surface area contributed by atoms with Gasteiger partial charge < -0.3 is 5.11 Å². The zero-order valence-electron chi connectivity index (χ0n) is 8.30. The largest absolute Gasteiger partial charge is 0.388 e. The van der Waals surface area contributed by atoms with Crippen molar-refractivity contribution in [2.45, 2.75) is 51.6 Å². The lowest BCUT2D eigenvalue weighted by atomic mass is 9.62. The van der Waals surface area contributed by atoms with Crippen molar-refractivity contribution in [1.29, 1.82) is 0 Å². The van der Waals surface area contributed by atoms with Gasteiger partial charge in [-0.25, -0.2) is 0 Å². The molecule has 1 fully saturated rings. The van der Waals surface area contributed by atoms with Crippen LogP contribution in [-0.2, 0) is 0 Å². The highest BCUT2D eigenvalue weighted by Gasteiger charge is 2.41. The van der Waals surface area contributed by atoms with Gasteiger partial charge in [0.05, 0.1) is 6.10 Å². The van der Waals surface area contributed by atoms with Crippen LogP contribution < -0.4 is 0 Å². The summed E-state index contributed by atoms with van der Waals surface area (Å²) in [6, 6.07) is 0. The molecular formula is C11H19IO. The van der Waals surface area contributed by atoms with Crippen LogP contribution in [0.15, 0.2) is 10.2 Å². The molecule has 13 heavy (non-hydrogen) atoms. The fraction of sp³-hybridized carbons (Fsp3) is 0.818. The molecule has 0 bridgehead atoms. The summed E-state index contributed by atoms with van der Waals surface area (Å²) >= 11 is 2.18. The molecule has 0 spiro atoms. The molecule has 1 atom stereocenters. The molecule has 76 valence electrons. The maximum atomic E-state index is 9.95. The maximum Gasteiger partial charge on any atom is 0.0784 e. The molecule has 0 radical (unpaired) electrons. The van der Waals surface area contributed by atoms with E-state index in [-0.39, 0.29) is 11.5 Å². The quantitative estimate of drug-likeness (QED) is 0.767.